The molecule has 24 heavy (non-hydrogen) atoms. The van der Waals surface area contributed by atoms with Gasteiger partial charge >= 0.3 is 0 Å². The van der Waals surface area contributed by atoms with E-state index in [-0.39, 0.29) is 5.56 Å². The number of fused-ring (bicyclic) bond motifs is 3. The van der Waals surface area contributed by atoms with Crippen LogP contribution in [-0.2, 0) is 12.8 Å². The Labute approximate surface area is 148 Å². The minimum atomic E-state index is -0.0831. The van der Waals surface area contributed by atoms with Crippen LogP contribution in [0.1, 0.15) is 34.7 Å². The van der Waals surface area contributed by atoms with E-state index in [1.807, 2.05) is 25.1 Å². The summed E-state index contributed by atoms with van der Waals surface area (Å²) in [7, 11) is 0. The number of thiophene rings is 1. The molecule has 0 spiro atoms. The lowest BCUT2D eigenvalue weighted by molar-refractivity contribution is 0.698. The van der Waals surface area contributed by atoms with E-state index in [0.29, 0.717) is 10.8 Å². The van der Waals surface area contributed by atoms with Crippen molar-refractivity contribution in [2.24, 2.45) is 5.10 Å². The van der Waals surface area contributed by atoms with Crippen molar-refractivity contribution in [3.05, 3.63) is 61.5 Å². The fourth-order valence-electron chi connectivity index (χ4n) is 3.13. The summed E-state index contributed by atoms with van der Waals surface area (Å²) in [6.45, 7) is 1.81. The monoisotopic (exact) mass is 357 g/mol. The molecule has 0 radical (unpaired) electrons. The van der Waals surface area contributed by atoms with Crippen LogP contribution < -0.4 is 5.56 Å². The summed E-state index contributed by atoms with van der Waals surface area (Å²) in [5.41, 5.74) is 1.87. The Kier molecular flexibility index (Phi) is 3.98. The lowest BCUT2D eigenvalue weighted by atomic mass is 9.97. The zero-order valence-corrected chi connectivity index (χ0v) is 14.8. The zero-order valence-electron chi connectivity index (χ0n) is 13.3. The molecule has 0 unspecified atom stereocenters. The first-order valence-electron chi connectivity index (χ1n) is 7.98. The van der Waals surface area contributed by atoms with Crippen LogP contribution in [-0.4, -0.2) is 15.9 Å². The molecule has 1 aromatic carbocycles. The molecule has 2 aromatic heterocycles. The van der Waals surface area contributed by atoms with Gasteiger partial charge < -0.3 is 0 Å². The smallest absolute Gasteiger partial charge is 0.267 e. The van der Waals surface area contributed by atoms with Crippen molar-refractivity contribution in [1.29, 1.82) is 0 Å². The van der Waals surface area contributed by atoms with E-state index < -0.39 is 0 Å². The molecule has 4 rings (SSSR count). The number of aromatic nitrogens is 2. The highest BCUT2D eigenvalue weighted by molar-refractivity contribution is 7.18. The number of hydrogen-bond donors (Lipinski definition) is 0. The lowest BCUT2D eigenvalue weighted by Gasteiger charge is -2.10. The summed E-state index contributed by atoms with van der Waals surface area (Å²) in [6, 6.07) is 7.42. The third kappa shape index (κ3) is 2.58. The normalized spacial score (nSPS) is 14.4. The van der Waals surface area contributed by atoms with Crippen LogP contribution in [0.25, 0.3) is 10.2 Å². The second-order valence-corrected chi connectivity index (χ2v) is 7.42. The van der Waals surface area contributed by atoms with Crippen LogP contribution in [0.4, 0.5) is 0 Å². The predicted octanol–water partition coefficient (Wildman–Crippen LogP) is 4.18. The fraction of sp³-hybridized carbons (Fsp3) is 0.278. The van der Waals surface area contributed by atoms with Crippen molar-refractivity contribution in [1.82, 2.24) is 9.66 Å². The number of rotatable bonds is 2. The summed E-state index contributed by atoms with van der Waals surface area (Å²) in [5.74, 6) is 0.592. The molecule has 4 nitrogen and oxygen atoms in total. The molecular formula is C18H16ClN3OS. The van der Waals surface area contributed by atoms with Gasteiger partial charge in [0.25, 0.3) is 5.56 Å². The van der Waals surface area contributed by atoms with E-state index >= 15 is 0 Å². The second-order valence-electron chi connectivity index (χ2n) is 5.93. The van der Waals surface area contributed by atoms with Crippen LogP contribution >= 0.6 is 22.9 Å². The van der Waals surface area contributed by atoms with Crippen LogP contribution in [0.2, 0.25) is 5.02 Å². The maximum Gasteiger partial charge on any atom is 0.283 e. The molecule has 0 saturated heterocycles. The van der Waals surface area contributed by atoms with Crippen LogP contribution in [0.3, 0.4) is 0 Å². The zero-order chi connectivity index (χ0) is 16.7. The van der Waals surface area contributed by atoms with E-state index in [1.54, 1.807) is 23.6 Å². The molecule has 0 N–H and O–H groups in total. The largest absolute Gasteiger partial charge is 0.283 e. The van der Waals surface area contributed by atoms with Crippen molar-refractivity contribution in [2.75, 3.05) is 0 Å². The Morgan fingerprint density at radius 2 is 2.08 bits per heavy atom. The first-order chi connectivity index (χ1) is 11.6. The van der Waals surface area contributed by atoms with Gasteiger partial charge in [0.1, 0.15) is 10.7 Å². The summed E-state index contributed by atoms with van der Waals surface area (Å²) >= 11 is 7.81. The third-order valence-electron chi connectivity index (χ3n) is 4.35. The molecule has 0 saturated carbocycles. The molecule has 3 aromatic rings. The number of aryl methyl sites for hydroxylation is 3. The quantitative estimate of drug-likeness (QED) is 0.646. The van der Waals surface area contributed by atoms with Gasteiger partial charge in [-0.2, -0.15) is 9.78 Å². The van der Waals surface area contributed by atoms with Crippen LogP contribution in [0.5, 0.6) is 0 Å². The van der Waals surface area contributed by atoms with E-state index in [9.17, 15) is 4.79 Å². The Morgan fingerprint density at radius 3 is 2.92 bits per heavy atom. The maximum absolute atomic E-state index is 13.0. The minimum Gasteiger partial charge on any atom is -0.267 e. The highest BCUT2D eigenvalue weighted by atomic mass is 35.5. The van der Waals surface area contributed by atoms with E-state index in [4.69, 9.17) is 11.6 Å². The average Bonchev–Trinajstić information content (AvgIpc) is 2.94. The van der Waals surface area contributed by atoms with Crippen LogP contribution in [0, 0.1) is 6.92 Å². The van der Waals surface area contributed by atoms with Gasteiger partial charge in [0.2, 0.25) is 0 Å². The molecule has 1 aliphatic carbocycles. The van der Waals surface area contributed by atoms with Gasteiger partial charge in [-0.3, -0.25) is 4.79 Å². The van der Waals surface area contributed by atoms with Gasteiger partial charge in [0, 0.05) is 15.5 Å². The van der Waals surface area contributed by atoms with E-state index in [2.05, 4.69) is 10.1 Å². The Balaban J connectivity index is 1.87. The maximum atomic E-state index is 13.0. The average molecular weight is 358 g/mol. The molecule has 0 aliphatic heterocycles. The first-order valence-corrected chi connectivity index (χ1v) is 9.17. The topological polar surface area (TPSA) is 47.2 Å². The molecule has 0 bridgehead atoms. The van der Waals surface area contributed by atoms with Crippen molar-refractivity contribution in [2.45, 2.75) is 32.6 Å². The van der Waals surface area contributed by atoms with Gasteiger partial charge in [0.05, 0.1) is 11.6 Å². The summed E-state index contributed by atoms with van der Waals surface area (Å²) < 4.78 is 1.38. The highest BCUT2D eigenvalue weighted by Gasteiger charge is 2.21. The van der Waals surface area contributed by atoms with Crippen LogP contribution in [0.15, 0.2) is 34.2 Å². The van der Waals surface area contributed by atoms with Gasteiger partial charge in [-0.25, -0.2) is 4.98 Å². The van der Waals surface area contributed by atoms with Gasteiger partial charge in [-0.15, -0.1) is 11.3 Å². The highest BCUT2D eigenvalue weighted by Crippen LogP contribution is 2.33. The number of nitrogens with zero attached hydrogens (tertiary/aromatic N) is 3. The van der Waals surface area contributed by atoms with Crippen molar-refractivity contribution < 1.29 is 0 Å². The van der Waals surface area contributed by atoms with Gasteiger partial charge in [-0.05, 0) is 44.2 Å². The fourth-order valence-corrected chi connectivity index (χ4v) is 4.62. The molecule has 0 amide bonds. The van der Waals surface area contributed by atoms with E-state index in [1.165, 1.54) is 21.5 Å². The number of halogens is 1. The Morgan fingerprint density at radius 1 is 1.29 bits per heavy atom. The Bertz CT molecular complexity index is 1020. The summed E-state index contributed by atoms with van der Waals surface area (Å²) in [4.78, 5) is 19.7. The minimum absolute atomic E-state index is 0.0831. The molecule has 6 heteroatoms. The second kappa shape index (κ2) is 6.15. The van der Waals surface area contributed by atoms with Gasteiger partial charge in [0.15, 0.2) is 0 Å². The van der Waals surface area contributed by atoms with Crippen molar-refractivity contribution in [3.8, 4) is 0 Å². The molecular weight excluding hydrogens is 342 g/mol. The summed E-state index contributed by atoms with van der Waals surface area (Å²) in [5, 5.41) is 5.70. The molecule has 0 atom stereocenters. The van der Waals surface area contributed by atoms with Crippen molar-refractivity contribution >= 4 is 39.4 Å². The molecule has 0 fully saturated rings. The number of hydrogen-bond acceptors (Lipinski definition) is 4. The summed E-state index contributed by atoms with van der Waals surface area (Å²) in [6.07, 6.45) is 5.96. The third-order valence-corrected chi connectivity index (χ3v) is 5.88. The van der Waals surface area contributed by atoms with Gasteiger partial charge in [-0.1, -0.05) is 29.8 Å². The van der Waals surface area contributed by atoms with E-state index in [0.717, 1.165) is 35.0 Å². The predicted molar refractivity (Wildman–Crippen MR) is 99.7 cm³/mol. The first kappa shape index (κ1) is 15.5. The molecule has 2 heterocycles. The number of benzene rings is 1. The SMILES string of the molecule is Cc1nc2sc3c(c2c(=O)n1/N=C\c1ccccc1Cl)CCCC3. The Hall–Kier alpha value is -1.98. The lowest BCUT2D eigenvalue weighted by Crippen LogP contribution is -2.21. The molecule has 122 valence electrons. The standard InChI is InChI=1S/C18H16ClN3OS/c1-11-21-17-16(13-7-3-5-9-15(13)24-17)18(23)22(11)20-10-12-6-2-4-8-14(12)19/h2,4,6,8,10H,3,5,7,9H2,1H3/b20-10-. The molecule has 1 aliphatic rings. The van der Waals surface area contributed by atoms with Crippen molar-refractivity contribution in [3.63, 3.8) is 0 Å².